The van der Waals surface area contributed by atoms with Gasteiger partial charge in [-0.3, -0.25) is 4.79 Å². The summed E-state index contributed by atoms with van der Waals surface area (Å²) >= 11 is 0. The number of carbonyl (C=O) groups is 1. The third-order valence-electron chi connectivity index (χ3n) is 2.34. The van der Waals surface area contributed by atoms with Crippen molar-refractivity contribution in [2.75, 3.05) is 25.0 Å². The van der Waals surface area contributed by atoms with E-state index in [1.54, 1.807) is 12.1 Å². The van der Waals surface area contributed by atoms with Crippen LogP contribution >= 0.6 is 0 Å². The largest absolute Gasteiger partial charge is 0.365 e. The Morgan fingerprint density at radius 3 is 2.75 bits per heavy atom. The summed E-state index contributed by atoms with van der Waals surface area (Å²) in [4.78, 5) is 17.5. The van der Waals surface area contributed by atoms with Gasteiger partial charge in [-0.25, -0.2) is 4.98 Å². The van der Waals surface area contributed by atoms with Crippen molar-refractivity contribution in [2.45, 2.75) is 13.3 Å². The van der Waals surface area contributed by atoms with Crippen LogP contribution in [0.4, 0.5) is 5.82 Å². The zero-order valence-electron chi connectivity index (χ0n) is 9.73. The lowest BCUT2D eigenvalue weighted by atomic mass is 10.2. The van der Waals surface area contributed by atoms with Gasteiger partial charge in [0, 0.05) is 19.3 Å². The SMILES string of the molecule is Cc1ccc(C(N)=O)c(N(C)CCCN)n1. The Labute approximate surface area is 95.4 Å². The van der Waals surface area contributed by atoms with Gasteiger partial charge in [0.05, 0.1) is 5.56 Å². The molecule has 1 amide bonds. The number of nitrogens with zero attached hydrogens (tertiary/aromatic N) is 2. The lowest BCUT2D eigenvalue weighted by Crippen LogP contribution is -2.26. The second-order valence-corrected chi connectivity index (χ2v) is 3.75. The van der Waals surface area contributed by atoms with Crippen LogP contribution in [0.25, 0.3) is 0 Å². The maximum atomic E-state index is 11.2. The van der Waals surface area contributed by atoms with Crippen LogP contribution in [0.15, 0.2) is 12.1 Å². The molecule has 0 bridgehead atoms. The molecule has 0 aromatic carbocycles. The van der Waals surface area contributed by atoms with Crippen molar-refractivity contribution in [3.8, 4) is 0 Å². The summed E-state index contributed by atoms with van der Waals surface area (Å²) in [6.07, 6.45) is 0.852. The van der Waals surface area contributed by atoms with Gasteiger partial charge in [0.15, 0.2) is 0 Å². The first-order valence-electron chi connectivity index (χ1n) is 5.25. The van der Waals surface area contributed by atoms with Crippen LogP contribution in [-0.4, -0.2) is 31.0 Å². The second kappa shape index (κ2) is 5.46. The number of hydrogen-bond acceptors (Lipinski definition) is 4. The van der Waals surface area contributed by atoms with Crippen LogP contribution < -0.4 is 16.4 Å². The average molecular weight is 222 g/mol. The Hall–Kier alpha value is -1.62. The van der Waals surface area contributed by atoms with Crippen molar-refractivity contribution in [3.05, 3.63) is 23.4 Å². The normalized spacial score (nSPS) is 10.2. The van der Waals surface area contributed by atoms with Crippen molar-refractivity contribution in [2.24, 2.45) is 11.5 Å². The molecular weight excluding hydrogens is 204 g/mol. The van der Waals surface area contributed by atoms with Gasteiger partial charge in [0.25, 0.3) is 5.91 Å². The minimum absolute atomic E-state index is 0.449. The number of carbonyl (C=O) groups excluding carboxylic acids is 1. The number of aryl methyl sites for hydroxylation is 1. The van der Waals surface area contributed by atoms with Gasteiger partial charge in [-0.05, 0) is 32.0 Å². The van der Waals surface area contributed by atoms with Crippen molar-refractivity contribution in [1.82, 2.24) is 4.98 Å². The van der Waals surface area contributed by atoms with Crippen LogP contribution in [0.3, 0.4) is 0 Å². The predicted octanol–water partition coefficient (Wildman–Crippen LogP) is 0.274. The van der Waals surface area contributed by atoms with Crippen molar-refractivity contribution >= 4 is 11.7 Å². The minimum Gasteiger partial charge on any atom is -0.365 e. The molecule has 1 rings (SSSR count). The quantitative estimate of drug-likeness (QED) is 0.749. The summed E-state index contributed by atoms with van der Waals surface area (Å²) in [5.41, 5.74) is 12.1. The van der Waals surface area contributed by atoms with E-state index < -0.39 is 5.91 Å². The number of primary amides is 1. The molecule has 0 atom stereocenters. The summed E-state index contributed by atoms with van der Waals surface area (Å²) < 4.78 is 0. The molecule has 0 fully saturated rings. The third kappa shape index (κ3) is 2.93. The Kier molecular flexibility index (Phi) is 4.25. The van der Waals surface area contributed by atoms with Gasteiger partial charge in [0.1, 0.15) is 5.82 Å². The lowest BCUT2D eigenvalue weighted by Gasteiger charge is -2.20. The van der Waals surface area contributed by atoms with Gasteiger partial charge in [-0.1, -0.05) is 0 Å². The average Bonchev–Trinajstić information content (AvgIpc) is 2.25. The monoisotopic (exact) mass is 222 g/mol. The molecule has 88 valence electrons. The third-order valence-corrected chi connectivity index (χ3v) is 2.34. The number of anilines is 1. The highest BCUT2D eigenvalue weighted by Crippen LogP contribution is 2.16. The molecule has 1 aromatic rings. The molecule has 0 unspecified atom stereocenters. The van der Waals surface area contributed by atoms with Crippen LogP contribution in [0, 0.1) is 6.92 Å². The van der Waals surface area contributed by atoms with E-state index in [9.17, 15) is 4.79 Å². The molecule has 1 heterocycles. The topological polar surface area (TPSA) is 85.2 Å². The van der Waals surface area contributed by atoms with Crippen LogP contribution in [0.5, 0.6) is 0 Å². The van der Waals surface area contributed by atoms with E-state index in [2.05, 4.69) is 4.98 Å². The van der Waals surface area contributed by atoms with E-state index in [1.807, 2.05) is 18.9 Å². The molecule has 0 aliphatic heterocycles. The first kappa shape index (κ1) is 12.4. The fourth-order valence-electron chi connectivity index (χ4n) is 1.46. The number of rotatable bonds is 5. The maximum Gasteiger partial charge on any atom is 0.252 e. The van der Waals surface area contributed by atoms with Crippen LogP contribution in [0.1, 0.15) is 22.5 Å². The van der Waals surface area contributed by atoms with Crippen molar-refractivity contribution in [3.63, 3.8) is 0 Å². The maximum absolute atomic E-state index is 11.2. The Morgan fingerprint density at radius 1 is 1.50 bits per heavy atom. The van der Waals surface area contributed by atoms with Crippen molar-refractivity contribution in [1.29, 1.82) is 0 Å². The molecule has 0 aliphatic rings. The van der Waals surface area contributed by atoms with E-state index in [0.717, 1.165) is 18.7 Å². The molecule has 0 aliphatic carbocycles. The van der Waals surface area contributed by atoms with E-state index in [-0.39, 0.29) is 0 Å². The summed E-state index contributed by atoms with van der Waals surface area (Å²) in [6.45, 7) is 3.25. The van der Waals surface area contributed by atoms with Crippen LogP contribution in [-0.2, 0) is 0 Å². The van der Waals surface area contributed by atoms with Gasteiger partial charge in [-0.15, -0.1) is 0 Å². The zero-order valence-corrected chi connectivity index (χ0v) is 9.73. The summed E-state index contributed by atoms with van der Waals surface area (Å²) in [5, 5.41) is 0. The Bertz CT molecular complexity index is 378. The molecule has 5 nitrogen and oxygen atoms in total. The second-order valence-electron chi connectivity index (χ2n) is 3.75. The molecule has 0 saturated heterocycles. The van der Waals surface area contributed by atoms with E-state index in [1.165, 1.54) is 0 Å². The van der Waals surface area contributed by atoms with E-state index >= 15 is 0 Å². The smallest absolute Gasteiger partial charge is 0.252 e. The van der Waals surface area contributed by atoms with E-state index in [0.29, 0.717) is 17.9 Å². The highest BCUT2D eigenvalue weighted by atomic mass is 16.1. The summed E-state index contributed by atoms with van der Waals surface area (Å²) in [6, 6.07) is 3.49. The molecular formula is C11H18N4O. The van der Waals surface area contributed by atoms with Gasteiger partial charge in [-0.2, -0.15) is 0 Å². The number of aromatic nitrogens is 1. The molecule has 5 heteroatoms. The number of amides is 1. The first-order valence-corrected chi connectivity index (χ1v) is 5.25. The Morgan fingerprint density at radius 2 is 2.19 bits per heavy atom. The number of nitrogens with two attached hydrogens (primary N) is 2. The van der Waals surface area contributed by atoms with Gasteiger partial charge in [0.2, 0.25) is 0 Å². The molecule has 4 N–H and O–H groups in total. The molecule has 16 heavy (non-hydrogen) atoms. The highest BCUT2D eigenvalue weighted by Gasteiger charge is 2.13. The molecule has 0 spiro atoms. The lowest BCUT2D eigenvalue weighted by molar-refractivity contribution is 0.100. The predicted molar refractivity (Wildman–Crippen MR) is 64.4 cm³/mol. The summed E-state index contributed by atoms with van der Waals surface area (Å²) in [7, 11) is 1.88. The van der Waals surface area contributed by atoms with E-state index in [4.69, 9.17) is 11.5 Å². The Balaban J connectivity index is 2.99. The zero-order chi connectivity index (χ0) is 12.1. The van der Waals surface area contributed by atoms with Gasteiger partial charge < -0.3 is 16.4 Å². The fraction of sp³-hybridized carbons (Fsp3) is 0.455. The van der Waals surface area contributed by atoms with Crippen molar-refractivity contribution < 1.29 is 4.79 Å². The minimum atomic E-state index is -0.456. The van der Waals surface area contributed by atoms with Crippen LogP contribution in [0.2, 0.25) is 0 Å². The summed E-state index contributed by atoms with van der Waals surface area (Å²) in [5.74, 6) is 0.169. The molecule has 1 aromatic heterocycles. The first-order chi connectivity index (χ1) is 7.56. The standard InChI is InChI=1S/C11H18N4O/c1-8-4-5-9(10(13)16)11(14-8)15(2)7-3-6-12/h4-5H,3,6-7,12H2,1-2H3,(H2,13,16). The molecule has 0 saturated carbocycles. The highest BCUT2D eigenvalue weighted by molar-refractivity contribution is 5.97. The fourth-order valence-corrected chi connectivity index (χ4v) is 1.46. The molecule has 0 radical (unpaired) electrons. The van der Waals surface area contributed by atoms with Gasteiger partial charge >= 0.3 is 0 Å². The number of pyridine rings is 1. The number of hydrogen-bond donors (Lipinski definition) is 2.